The predicted octanol–water partition coefficient (Wildman–Crippen LogP) is 2.75. The third-order valence-corrected chi connectivity index (χ3v) is 2.50. The molecule has 1 amide bonds. The first-order valence-electron chi connectivity index (χ1n) is 5.72. The van der Waals surface area contributed by atoms with Crippen molar-refractivity contribution in [1.29, 1.82) is 0 Å². The van der Waals surface area contributed by atoms with Crippen LogP contribution in [0.4, 0.5) is 5.69 Å². The fourth-order valence-electron chi connectivity index (χ4n) is 1.56. The lowest BCUT2D eigenvalue weighted by atomic mass is 10.2. The zero-order chi connectivity index (χ0) is 13.7. The fraction of sp³-hybridized carbons (Fsp3) is 0. The smallest absolute Gasteiger partial charge is 0.248 e. The number of para-hydroxylation sites is 1. The number of aromatic hydroxyl groups is 2. The lowest BCUT2D eigenvalue weighted by molar-refractivity contribution is -0.111. The summed E-state index contributed by atoms with van der Waals surface area (Å²) in [5, 5.41) is 21.5. The summed E-state index contributed by atoms with van der Waals surface area (Å²) in [6, 6.07) is 13.6. The standard InChI is InChI=1S/C15H13NO3/c17-12-7-4-8-13(18)15(12)16-14(19)10-9-11-5-2-1-3-6-11/h1-10,17-18H,(H,16,19). The topological polar surface area (TPSA) is 69.6 Å². The van der Waals surface area contributed by atoms with E-state index in [-0.39, 0.29) is 17.2 Å². The van der Waals surface area contributed by atoms with E-state index in [9.17, 15) is 15.0 Å². The molecule has 0 spiro atoms. The van der Waals surface area contributed by atoms with Crippen LogP contribution in [0.2, 0.25) is 0 Å². The zero-order valence-corrected chi connectivity index (χ0v) is 10.1. The summed E-state index contributed by atoms with van der Waals surface area (Å²) in [7, 11) is 0. The third kappa shape index (κ3) is 3.35. The van der Waals surface area contributed by atoms with Crippen molar-refractivity contribution in [3.05, 3.63) is 60.2 Å². The number of carbonyl (C=O) groups is 1. The Labute approximate surface area is 110 Å². The molecule has 2 rings (SSSR count). The molecule has 0 atom stereocenters. The van der Waals surface area contributed by atoms with Crippen LogP contribution in [0.3, 0.4) is 0 Å². The third-order valence-electron chi connectivity index (χ3n) is 2.50. The SMILES string of the molecule is O=C(C=Cc1ccccc1)Nc1c(O)cccc1O. The predicted molar refractivity (Wildman–Crippen MR) is 73.9 cm³/mol. The first-order valence-corrected chi connectivity index (χ1v) is 5.72. The van der Waals surface area contributed by atoms with Crippen molar-refractivity contribution in [1.82, 2.24) is 0 Å². The Morgan fingerprint density at radius 3 is 2.21 bits per heavy atom. The van der Waals surface area contributed by atoms with Crippen LogP contribution in [-0.4, -0.2) is 16.1 Å². The highest BCUT2D eigenvalue weighted by Crippen LogP contribution is 2.32. The Hall–Kier alpha value is -2.75. The van der Waals surface area contributed by atoms with Crippen molar-refractivity contribution in [2.45, 2.75) is 0 Å². The zero-order valence-electron chi connectivity index (χ0n) is 10.1. The maximum atomic E-state index is 11.7. The van der Waals surface area contributed by atoms with Gasteiger partial charge in [0.1, 0.15) is 17.2 Å². The molecule has 0 aliphatic rings. The Kier molecular flexibility index (Phi) is 3.83. The molecule has 4 nitrogen and oxygen atoms in total. The summed E-state index contributed by atoms with van der Waals surface area (Å²) in [6.45, 7) is 0. The number of phenolic OH excluding ortho intramolecular Hbond substituents is 2. The number of hydrogen-bond donors (Lipinski definition) is 3. The van der Waals surface area contributed by atoms with Crippen LogP contribution >= 0.6 is 0 Å². The number of hydrogen-bond acceptors (Lipinski definition) is 3. The van der Waals surface area contributed by atoms with E-state index in [0.29, 0.717) is 0 Å². The van der Waals surface area contributed by atoms with Crippen molar-refractivity contribution >= 4 is 17.7 Å². The van der Waals surface area contributed by atoms with Crippen LogP contribution in [0.25, 0.3) is 6.08 Å². The van der Waals surface area contributed by atoms with Gasteiger partial charge in [-0.25, -0.2) is 0 Å². The number of benzene rings is 2. The van der Waals surface area contributed by atoms with Crippen molar-refractivity contribution in [3.8, 4) is 11.5 Å². The largest absolute Gasteiger partial charge is 0.506 e. The molecular weight excluding hydrogens is 242 g/mol. The number of amides is 1. The van der Waals surface area contributed by atoms with Gasteiger partial charge in [-0.05, 0) is 23.8 Å². The van der Waals surface area contributed by atoms with Gasteiger partial charge in [0.25, 0.3) is 0 Å². The minimum atomic E-state index is -0.430. The molecule has 96 valence electrons. The Balaban J connectivity index is 2.08. The summed E-state index contributed by atoms with van der Waals surface area (Å²) >= 11 is 0. The lowest BCUT2D eigenvalue weighted by Gasteiger charge is -2.06. The van der Waals surface area contributed by atoms with Gasteiger partial charge in [0, 0.05) is 6.08 Å². The van der Waals surface area contributed by atoms with Gasteiger partial charge in [-0.15, -0.1) is 0 Å². The summed E-state index contributed by atoms with van der Waals surface area (Å²) in [6.07, 6.45) is 2.98. The van der Waals surface area contributed by atoms with Crippen LogP contribution in [0.5, 0.6) is 11.5 Å². The Bertz CT molecular complexity index is 586. The number of phenols is 2. The molecule has 19 heavy (non-hydrogen) atoms. The highest BCUT2D eigenvalue weighted by Gasteiger charge is 2.08. The second-order valence-electron chi connectivity index (χ2n) is 3.90. The second-order valence-corrected chi connectivity index (χ2v) is 3.90. The van der Waals surface area contributed by atoms with E-state index in [1.165, 1.54) is 24.3 Å². The van der Waals surface area contributed by atoms with Gasteiger partial charge in [-0.1, -0.05) is 36.4 Å². The van der Waals surface area contributed by atoms with Crippen LogP contribution in [0.1, 0.15) is 5.56 Å². The molecule has 2 aromatic carbocycles. The van der Waals surface area contributed by atoms with E-state index in [2.05, 4.69) is 5.32 Å². The van der Waals surface area contributed by atoms with Crippen molar-refractivity contribution in [3.63, 3.8) is 0 Å². The first-order chi connectivity index (χ1) is 9.16. The molecule has 0 bridgehead atoms. The number of rotatable bonds is 3. The van der Waals surface area contributed by atoms with Crippen LogP contribution in [0, 0.1) is 0 Å². The van der Waals surface area contributed by atoms with Gasteiger partial charge in [-0.2, -0.15) is 0 Å². The summed E-state index contributed by atoms with van der Waals surface area (Å²) in [5.41, 5.74) is 0.893. The molecule has 0 unspecified atom stereocenters. The maximum Gasteiger partial charge on any atom is 0.248 e. The maximum absolute atomic E-state index is 11.7. The number of anilines is 1. The fourth-order valence-corrected chi connectivity index (χ4v) is 1.56. The average molecular weight is 255 g/mol. The van der Waals surface area contributed by atoms with Gasteiger partial charge in [0.15, 0.2) is 0 Å². The molecule has 0 saturated carbocycles. The number of nitrogens with one attached hydrogen (secondary N) is 1. The minimum absolute atomic E-state index is 0.00483. The van der Waals surface area contributed by atoms with Crippen LogP contribution in [0.15, 0.2) is 54.6 Å². The van der Waals surface area contributed by atoms with E-state index >= 15 is 0 Å². The quantitative estimate of drug-likeness (QED) is 0.583. The molecule has 3 N–H and O–H groups in total. The van der Waals surface area contributed by atoms with Gasteiger partial charge >= 0.3 is 0 Å². The van der Waals surface area contributed by atoms with Gasteiger partial charge in [-0.3, -0.25) is 4.79 Å². The highest BCUT2D eigenvalue weighted by molar-refractivity contribution is 6.03. The molecule has 2 aromatic rings. The monoisotopic (exact) mass is 255 g/mol. The molecule has 0 aliphatic heterocycles. The normalized spacial score (nSPS) is 10.5. The molecular formula is C15H13NO3. The Morgan fingerprint density at radius 2 is 1.58 bits per heavy atom. The second kappa shape index (κ2) is 5.73. The van der Waals surface area contributed by atoms with Crippen molar-refractivity contribution in [2.75, 3.05) is 5.32 Å². The first kappa shape index (κ1) is 12.7. The summed E-state index contributed by atoms with van der Waals surface area (Å²) in [4.78, 5) is 11.7. The average Bonchev–Trinajstić information content (AvgIpc) is 2.42. The van der Waals surface area contributed by atoms with Crippen molar-refractivity contribution in [2.24, 2.45) is 0 Å². The minimum Gasteiger partial charge on any atom is -0.506 e. The van der Waals surface area contributed by atoms with E-state index in [1.54, 1.807) is 6.08 Å². The summed E-state index contributed by atoms with van der Waals surface area (Å²) < 4.78 is 0. The van der Waals surface area contributed by atoms with Crippen LogP contribution in [-0.2, 0) is 4.79 Å². The van der Waals surface area contributed by atoms with E-state index in [1.807, 2.05) is 30.3 Å². The van der Waals surface area contributed by atoms with Gasteiger partial charge < -0.3 is 15.5 Å². The molecule has 0 fully saturated rings. The van der Waals surface area contributed by atoms with Crippen LogP contribution < -0.4 is 5.32 Å². The van der Waals surface area contributed by atoms with E-state index in [4.69, 9.17) is 0 Å². The molecule has 0 aliphatic carbocycles. The molecule has 4 heteroatoms. The molecule has 0 heterocycles. The van der Waals surface area contributed by atoms with Crippen molar-refractivity contribution < 1.29 is 15.0 Å². The molecule has 0 aromatic heterocycles. The van der Waals surface area contributed by atoms with E-state index < -0.39 is 5.91 Å². The lowest BCUT2D eigenvalue weighted by Crippen LogP contribution is -2.08. The van der Waals surface area contributed by atoms with Gasteiger partial charge in [0.05, 0.1) is 0 Å². The van der Waals surface area contributed by atoms with E-state index in [0.717, 1.165) is 5.56 Å². The number of carbonyl (C=O) groups excluding carboxylic acids is 1. The summed E-state index contributed by atoms with van der Waals surface area (Å²) in [5.74, 6) is -0.788. The molecule has 0 saturated heterocycles. The van der Waals surface area contributed by atoms with Gasteiger partial charge in [0.2, 0.25) is 5.91 Å². The Morgan fingerprint density at radius 1 is 0.947 bits per heavy atom. The molecule has 0 radical (unpaired) electrons. The highest BCUT2D eigenvalue weighted by atomic mass is 16.3.